The summed E-state index contributed by atoms with van der Waals surface area (Å²) in [6.07, 6.45) is 13.2. The van der Waals surface area contributed by atoms with Gasteiger partial charge in [-0.3, -0.25) is 0 Å². The first-order valence-corrected chi connectivity index (χ1v) is 6.73. The van der Waals surface area contributed by atoms with Gasteiger partial charge in [-0.05, 0) is 30.5 Å². The van der Waals surface area contributed by atoms with Crippen LogP contribution in [0.4, 0.5) is 0 Å². The van der Waals surface area contributed by atoms with Gasteiger partial charge in [-0.15, -0.1) is 0 Å². The summed E-state index contributed by atoms with van der Waals surface area (Å²) in [7, 11) is 0. The molecule has 0 atom stereocenters. The average Bonchev–Trinajstić information content (AvgIpc) is 2.19. The van der Waals surface area contributed by atoms with Gasteiger partial charge in [0.1, 0.15) is 0 Å². The van der Waals surface area contributed by atoms with Crippen molar-refractivity contribution in [3.05, 3.63) is 0 Å². The highest BCUT2D eigenvalue weighted by molar-refractivity contribution is 7.80. The Morgan fingerprint density at radius 1 is 0.714 bits per heavy atom. The molecule has 0 saturated heterocycles. The molecule has 0 fully saturated rings. The molecule has 0 nitrogen and oxygen atoms in total. The minimum absolute atomic E-state index is 1.20. The lowest BCUT2D eigenvalue weighted by molar-refractivity contribution is 0.665. The highest BCUT2D eigenvalue weighted by Crippen LogP contribution is 2.09. The Labute approximate surface area is 95.5 Å². The van der Waals surface area contributed by atoms with Crippen LogP contribution in [0, 0.1) is 0 Å². The second-order valence-electron chi connectivity index (χ2n) is 4.16. The molecule has 0 rings (SSSR count). The zero-order chi connectivity index (χ0) is 10.6. The van der Waals surface area contributed by atoms with Gasteiger partial charge in [-0.2, -0.15) is 0 Å². The highest BCUT2D eigenvalue weighted by Gasteiger charge is 1.97. The van der Waals surface area contributed by atoms with Gasteiger partial charge in [-0.1, -0.05) is 64.6 Å². The largest absolute Gasteiger partial charge is 0.0897 e. The van der Waals surface area contributed by atoms with E-state index in [2.05, 4.69) is 13.8 Å². The van der Waals surface area contributed by atoms with E-state index in [1.165, 1.54) is 69.1 Å². The quantitative estimate of drug-likeness (QED) is 0.351. The maximum atomic E-state index is 5.35. The molecular formula is C13H26S. The van der Waals surface area contributed by atoms with Gasteiger partial charge in [0, 0.05) is 0 Å². The third-order valence-corrected chi connectivity index (χ3v) is 3.03. The molecule has 0 bridgehead atoms. The van der Waals surface area contributed by atoms with Crippen molar-refractivity contribution in [1.82, 2.24) is 0 Å². The van der Waals surface area contributed by atoms with Gasteiger partial charge in [0.05, 0.1) is 0 Å². The predicted molar refractivity (Wildman–Crippen MR) is 70.1 cm³/mol. The lowest BCUT2D eigenvalue weighted by atomic mass is 10.1. The lowest BCUT2D eigenvalue weighted by Gasteiger charge is -2.03. The summed E-state index contributed by atoms with van der Waals surface area (Å²) in [5, 5.41) is 0. The van der Waals surface area contributed by atoms with Crippen molar-refractivity contribution in [2.75, 3.05) is 0 Å². The van der Waals surface area contributed by atoms with E-state index in [0.717, 1.165) is 0 Å². The van der Waals surface area contributed by atoms with Crippen LogP contribution in [0.2, 0.25) is 0 Å². The first kappa shape index (κ1) is 14.1. The number of hydrogen-bond acceptors (Lipinski definition) is 1. The molecular weight excluding hydrogens is 188 g/mol. The molecule has 0 amide bonds. The van der Waals surface area contributed by atoms with Crippen LogP contribution in [-0.2, 0) is 0 Å². The first-order chi connectivity index (χ1) is 6.81. The standard InChI is InChI=1S/C13H26S/c1-3-5-7-9-11-13(14)12-10-8-6-4-2/h3-12H2,1-2H3. The van der Waals surface area contributed by atoms with Crippen molar-refractivity contribution >= 4 is 17.1 Å². The van der Waals surface area contributed by atoms with Gasteiger partial charge in [0.25, 0.3) is 0 Å². The van der Waals surface area contributed by atoms with Crippen molar-refractivity contribution in [2.45, 2.75) is 78.1 Å². The van der Waals surface area contributed by atoms with E-state index in [-0.39, 0.29) is 0 Å². The van der Waals surface area contributed by atoms with E-state index in [0.29, 0.717) is 0 Å². The average molecular weight is 214 g/mol. The van der Waals surface area contributed by atoms with Crippen LogP contribution in [-0.4, -0.2) is 4.86 Å². The van der Waals surface area contributed by atoms with Gasteiger partial charge in [0.15, 0.2) is 0 Å². The van der Waals surface area contributed by atoms with Gasteiger partial charge >= 0.3 is 0 Å². The zero-order valence-corrected chi connectivity index (χ0v) is 10.8. The fourth-order valence-corrected chi connectivity index (χ4v) is 1.91. The Morgan fingerprint density at radius 3 is 1.50 bits per heavy atom. The molecule has 0 aromatic rings. The normalized spacial score (nSPS) is 10.4. The zero-order valence-electron chi connectivity index (χ0n) is 9.98. The molecule has 14 heavy (non-hydrogen) atoms. The topological polar surface area (TPSA) is 0 Å². The third-order valence-electron chi connectivity index (χ3n) is 2.62. The molecule has 0 unspecified atom stereocenters. The maximum absolute atomic E-state index is 5.35. The summed E-state index contributed by atoms with van der Waals surface area (Å²) >= 11 is 5.35. The van der Waals surface area contributed by atoms with Crippen LogP contribution in [0.15, 0.2) is 0 Å². The van der Waals surface area contributed by atoms with Crippen LogP contribution in [0.5, 0.6) is 0 Å². The Kier molecular flexibility index (Phi) is 11.2. The van der Waals surface area contributed by atoms with E-state index in [1.807, 2.05) is 0 Å². The van der Waals surface area contributed by atoms with E-state index >= 15 is 0 Å². The molecule has 0 N–H and O–H groups in total. The van der Waals surface area contributed by atoms with E-state index in [4.69, 9.17) is 12.2 Å². The smallest absolute Gasteiger partial charge is 0.00715 e. The van der Waals surface area contributed by atoms with Gasteiger partial charge in [-0.25, -0.2) is 0 Å². The molecule has 0 aromatic heterocycles. The number of rotatable bonds is 10. The molecule has 0 aromatic carbocycles. The molecule has 0 aliphatic rings. The number of thiocarbonyl (C=S) groups is 1. The Balaban J connectivity index is 3.11. The summed E-state index contributed by atoms with van der Waals surface area (Å²) in [6, 6.07) is 0. The summed E-state index contributed by atoms with van der Waals surface area (Å²) < 4.78 is 0. The minimum Gasteiger partial charge on any atom is -0.0897 e. The summed E-state index contributed by atoms with van der Waals surface area (Å²) in [4.78, 5) is 1.32. The first-order valence-electron chi connectivity index (χ1n) is 6.33. The Hall–Kier alpha value is 0.0900. The van der Waals surface area contributed by atoms with Crippen LogP contribution < -0.4 is 0 Å². The van der Waals surface area contributed by atoms with Crippen LogP contribution in [0.3, 0.4) is 0 Å². The SMILES string of the molecule is CCCCCCC(=S)CCCCCC. The summed E-state index contributed by atoms with van der Waals surface area (Å²) in [5.41, 5.74) is 0. The molecule has 0 saturated carbocycles. The van der Waals surface area contributed by atoms with Crippen molar-refractivity contribution in [3.8, 4) is 0 Å². The monoisotopic (exact) mass is 214 g/mol. The van der Waals surface area contributed by atoms with Crippen LogP contribution in [0.1, 0.15) is 78.1 Å². The second kappa shape index (κ2) is 11.2. The molecule has 0 radical (unpaired) electrons. The number of unbranched alkanes of at least 4 members (excludes halogenated alkanes) is 6. The molecule has 1 heteroatoms. The highest BCUT2D eigenvalue weighted by atomic mass is 32.1. The molecule has 0 heterocycles. The van der Waals surface area contributed by atoms with Crippen LogP contribution >= 0.6 is 12.2 Å². The predicted octanol–water partition coefficient (Wildman–Crippen LogP) is 5.30. The lowest BCUT2D eigenvalue weighted by Crippen LogP contribution is -1.94. The van der Waals surface area contributed by atoms with E-state index in [1.54, 1.807) is 0 Å². The molecule has 0 aliphatic carbocycles. The minimum atomic E-state index is 1.20. The Bertz CT molecular complexity index is 115. The van der Waals surface area contributed by atoms with Crippen molar-refractivity contribution < 1.29 is 0 Å². The van der Waals surface area contributed by atoms with E-state index in [9.17, 15) is 0 Å². The second-order valence-corrected chi connectivity index (χ2v) is 4.74. The molecule has 0 spiro atoms. The third kappa shape index (κ3) is 10.2. The van der Waals surface area contributed by atoms with Crippen molar-refractivity contribution in [3.63, 3.8) is 0 Å². The fraction of sp³-hybridized carbons (Fsp3) is 0.923. The van der Waals surface area contributed by atoms with Crippen LogP contribution in [0.25, 0.3) is 0 Å². The van der Waals surface area contributed by atoms with Gasteiger partial charge in [0.2, 0.25) is 0 Å². The summed E-state index contributed by atoms with van der Waals surface area (Å²) in [5.74, 6) is 0. The van der Waals surface area contributed by atoms with Crippen molar-refractivity contribution in [1.29, 1.82) is 0 Å². The maximum Gasteiger partial charge on any atom is -0.00715 e. The number of hydrogen-bond donors (Lipinski definition) is 0. The molecule has 84 valence electrons. The van der Waals surface area contributed by atoms with Crippen molar-refractivity contribution in [2.24, 2.45) is 0 Å². The summed E-state index contributed by atoms with van der Waals surface area (Å²) in [6.45, 7) is 4.51. The van der Waals surface area contributed by atoms with E-state index < -0.39 is 0 Å². The Morgan fingerprint density at radius 2 is 1.14 bits per heavy atom. The fourth-order valence-electron chi connectivity index (χ4n) is 1.62. The molecule has 0 aliphatic heterocycles. The van der Waals surface area contributed by atoms with Gasteiger partial charge < -0.3 is 0 Å².